The minimum atomic E-state index is -1.58. The predicted octanol–water partition coefficient (Wildman–Crippen LogP) is 5.42. The highest BCUT2D eigenvalue weighted by Crippen LogP contribution is 2.82. The van der Waals surface area contributed by atoms with Gasteiger partial charge in [-0.15, -0.1) is 0 Å². The Morgan fingerprint density at radius 3 is 2.00 bits per heavy atom. The average molecular weight is 467 g/mol. The maximum atomic E-state index is 10.5. The van der Waals surface area contributed by atoms with E-state index in [1.54, 1.807) is 0 Å². The fourth-order valence-corrected chi connectivity index (χ4v) is 5.04. The molecule has 0 radical (unpaired) electrons. The summed E-state index contributed by atoms with van der Waals surface area (Å²) in [6.45, 7) is 7.74. The molecule has 3 rings (SSSR count). The molecule has 1 aliphatic carbocycles. The Kier molecular flexibility index (Phi) is 8.57. The van der Waals surface area contributed by atoms with E-state index in [2.05, 4.69) is 37.9 Å². The van der Waals surface area contributed by atoms with Crippen molar-refractivity contribution < 1.29 is 14.2 Å². The second-order valence-electron chi connectivity index (χ2n) is 9.23. The fraction of sp³-hybridized carbons (Fsp3) is 0.667. The molecule has 2 aliphatic rings. The van der Waals surface area contributed by atoms with E-state index in [0.29, 0.717) is 19.8 Å². The molecule has 7 nitrogen and oxygen atoms in total. The van der Waals surface area contributed by atoms with E-state index in [1.165, 1.54) is 12.8 Å². The largest absolute Gasteiger partial charge is 0.494 e. The molecule has 34 heavy (non-hydrogen) atoms. The summed E-state index contributed by atoms with van der Waals surface area (Å²) in [4.78, 5) is 4.52. The van der Waals surface area contributed by atoms with Gasteiger partial charge in [-0.1, -0.05) is 65.0 Å². The van der Waals surface area contributed by atoms with Crippen LogP contribution >= 0.6 is 0 Å². The zero-order valence-electron chi connectivity index (χ0n) is 20.8. The molecular formula is C27H38N4O3. The molecule has 3 unspecified atom stereocenters. The van der Waals surface area contributed by atoms with Crippen LogP contribution in [0, 0.1) is 33.5 Å². The Morgan fingerprint density at radius 1 is 0.853 bits per heavy atom. The molecule has 1 heterocycles. The van der Waals surface area contributed by atoms with Crippen molar-refractivity contribution >= 4 is 5.84 Å². The third-order valence-electron chi connectivity index (χ3n) is 7.00. The number of benzene rings is 1. The summed E-state index contributed by atoms with van der Waals surface area (Å²) in [5.74, 6) is -1.18. The highest BCUT2D eigenvalue weighted by molar-refractivity contribution is 6.00. The number of nitrogens with zero attached hydrogens (tertiary/aromatic N) is 3. The summed E-state index contributed by atoms with van der Waals surface area (Å²) < 4.78 is 18.3. The lowest BCUT2D eigenvalue weighted by Crippen LogP contribution is -2.44. The van der Waals surface area contributed by atoms with Crippen LogP contribution < -0.4 is 10.5 Å². The lowest BCUT2D eigenvalue weighted by atomic mass is 9.93. The van der Waals surface area contributed by atoms with Gasteiger partial charge in [0.2, 0.25) is 0 Å². The quantitative estimate of drug-likeness (QED) is 0.273. The first-order valence-corrected chi connectivity index (χ1v) is 12.7. The van der Waals surface area contributed by atoms with E-state index in [4.69, 9.17) is 19.9 Å². The highest BCUT2D eigenvalue weighted by atomic mass is 16.7. The van der Waals surface area contributed by atoms with Crippen LogP contribution in [0.2, 0.25) is 0 Å². The maximum Gasteiger partial charge on any atom is 0.293 e. The molecule has 1 aliphatic heterocycles. The number of unbranched alkanes of at least 4 members (excludes halogenated alkanes) is 5. The standard InChI is InChI=1S/C27H38N4O3/c1-4-7-10-11-16-32-22-14-12-21(13-15-22)23-25(19-28)24(30)31-27(26(23,25)20-29,33-17-8-5-2)34-18-9-6-3/h12-15,23H,4-11,16-18H2,1-3H3,(H2,30,31). The van der Waals surface area contributed by atoms with Crippen molar-refractivity contribution in [3.63, 3.8) is 0 Å². The molecular weight excluding hydrogens is 428 g/mol. The predicted molar refractivity (Wildman–Crippen MR) is 131 cm³/mol. The Hall–Kier alpha value is -2.61. The van der Waals surface area contributed by atoms with Crippen LogP contribution in [0.4, 0.5) is 0 Å². The first-order chi connectivity index (χ1) is 16.5. The topological polar surface area (TPSA) is 114 Å². The van der Waals surface area contributed by atoms with Crippen LogP contribution in [0.3, 0.4) is 0 Å². The van der Waals surface area contributed by atoms with Gasteiger partial charge in [0.1, 0.15) is 17.0 Å². The van der Waals surface area contributed by atoms with Gasteiger partial charge in [-0.3, -0.25) is 0 Å². The smallest absolute Gasteiger partial charge is 0.293 e. The summed E-state index contributed by atoms with van der Waals surface area (Å²) in [5, 5.41) is 20.8. The molecule has 0 aromatic heterocycles. The molecule has 1 aromatic carbocycles. The van der Waals surface area contributed by atoms with Crippen molar-refractivity contribution in [1.29, 1.82) is 10.5 Å². The highest BCUT2D eigenvalue weighted by Gasteiger charge is 2.93. The van der Waals surface area contributed by atoms with E-state index in [9.17, 15) is 10.5 Å². The summed E-state index contributed by atoms with van der Waals surface area (Å²) in [6.07, 6.45) is 8.02. The summed E-state index contributed by atoms with van der Waals surface area (Å²) in [6, 6.07) is 12.4. The first-order valence-electron chi connectivity index (χ1n) is 12.7. The third kappa shape index (κ3) is 4.17. The van der Waals surface area contributed by atoms with Gasteiger partial charge in [0.15, 0.2) is 5.41 Å². The minimum absolute atomic E-state index is 0.116. The second-order valence-corrected chi connectivity index (χ2v) is 9.23. The fourth-order valence-electron chi connectivity index (χ4n) is 5.04. The molecule has 2 N–H and O–H groups in total. The van der Waals surface area contributed by atoms with E-state index in [-0.39, 0.29) is 5.84 Å². The van der Waals surface area contributed by atoms with Gasteiger partial charge < -0.3 is 19.9 Å². The van der Waals surface area contributed by atoms with Crippen LogP contribution in [0.1, 0.15) is 83.6 Å². The number of hydrogen-bond donors (Lipinski definition) is 1. The zero-order valence-corrected chi connectivity index (χ0v) is 20.8. The molecule has 1 fully saturated rings. The Morgan fingerprint density at radius 2 is 1.47 bits per heavy atom. The Labute approximate surface area is 203 Å². The van der Waals surface area contributed by atoms with Crippen LogP contribution in [-0.2, 0) is 9.47 Å². The SMILES string of the molecule is CCCCCCOc1ccc(C2C3(C#N)C(N)=NC(OCCCC)(OCCCC)C23C#N)cc1. The monoisotopic (exact) mass is 466 g/mol. The van der Waals surface area contributed by atoms with E-state index in [1.807, 2.05) is 24.3 Å². The zero-order chi connectivity index (χ0) is 24.7. The van der Waals surface area contributed by atoms with Crippen molar-refractivity contribution in [2.45, 2.75) is 84.0 Å². The van der Waals surface area contributed by atoms with E-state index >= 15 is 0 Å². The second kappa shape index (κ2) is 11.2. The molecule has 0 spiro atoms. The van der Waals surface area contributed by atoms with Crippen molar-refractivity contribution in [1.82, 2.24) is 0 Å². The summed E-state index contributed by atoms with van der Waals surface area (Å²) in [5.41, 5.74) is 4.59. The number of fused-ring (bicyclic) bond motifs is 1. The molecule has 7 heteroatoms. The maximum absolute atomic E-state index is 10.5. The van der Waals surface area contributed by atoms with Crippen molar-refractivity contribution in [3.8, 4) is 17.9 Å². The number of rotatable bonds is 15. The van der Waals surface area contributed by atoms with Gasteiger partial charge in [-0.25, -0.2) is 4.99 Å². The van der Waals surface area contributed by atoms with Crippen molar-refractivity contribution in [2.24, 2.45) is 21.6 Å². The first kappa shape index (κ1) is 26.0. The molecule has 1 aromatic rings. The molecule has 0 bridgehead atoms. The van der Waals surface area contributed by atoms with Gasteiger partial charge >= 0.3 is 0 Å². The number of hydrogen-bond acceptors (Lipinski definition) is 7. The molecule has 1 saturated carbocycles. The van der Waals surface area contributed by atoms with E-state index < -0.39 is 22.7 Å². The number of nitrogens with two attached hydrogens (primary N) is 1. The number of nitriles is 2. The van der Waals surface area contributed by atoms with Gasteiger partial charge in [-0.2, -0.15) is 10.5 Å². The number of aliphatic imine (C=N–C) groups is 1. The molecule has 3 atom stereocenters. The third-order valence-corrected chi connectivity index (χ3v) is 7.00. The molecule has 184 valence electrons. The van der Waals surface area contributed by atoms with Gasteiger partial charge in [0.05, 0.1) is 32.0 Å². The lowest BCUT2D eigenvalue weighted by molar-refractivity contribution is -0.260. The Balaban J connectivity index is 1.88. The van der Waals surface area contributed by atoms with Crippen LogP contribution in [0.25, 0.3) is 0 Å². The summed E-state index contributed by atoms with van der Waals surface area (Å²) in [7, 11) is 0. The lowest BCUT2D eigenvalue weighted by Gasteiger charge is -2.32. The molecule has 0 amide bonds. The normalized spacial score (nSPS) is 26.3. The minimum Gasteiger partial charge on any atom is -0.494 e. The van der Waals surface area contributed by atoms with Crippen LogP contribution in [0.15, 0.2) is 29.3 Å². The van der Waals surface area contributed by atoms with E-state index in [0.717, 1.165) is 49.8 Å². The van der Waals surface area contributed by atoms with Gasteiger partial charge in [0, 0.05) is 5.92 Å². The van der Waals surface area contributed by atoms with Crippen LogP contribution in [-0.4, -0.2) is 31.6 Å². The van der Waals surface area contributed by atoms with Gasteiger partial charge in [0.25, 0.3) is 5.91 Å². The van der Waals surface area contributed by atoms with Crippen molar-refractivity contribution in [2.75, 3.05) is 19.8 Å². The molecule has 0 saturated heterocycles. The Bertz CT molecular complexity index is 923. The summed E-state index contributed by atoms with van der Waals surface area (Å²) >= 11 is 0. The van der Waals surface area contributed by atoms with Crippen LogP contribution in [0.5, 0.6) is 5.75 Å². The van der Waals surface area contributed by atoms with Gasteiger partial charge in [-0.05, 0) is 37.0 Å². The number of amidine groups is 1. The average Bonchev–Trinajstić information content (AvgIpc) is 3.43. The van der Waals surface area contributed by atoms with Crippen molar-refractivity contribution in [3.05, 3.63) is 29.8 Å². The number of ether oxygens (including phenoxy) is 3.